The summed E-state index contributed by atoms with van der Waals surface area (Å²) in [7, 11) is 0. The van der Waals surface area contributed by atoms with Gasteiger partial charge in [-0.2, -0.15) is 22.1 Å². The number of aryl methyl sites for hydroxylation is 1. The Morgan fingerprint density at radius 2 is 2.00 bits per heavy atom. The van der Waals surface area contributed by atoms with Gasteiger partial charge in [0, 0.05) is 42.6 Å². The van der Waals surface area contributed by atoms with Crippen LogP contribution in [0.15, 0.2) is 47.8 Å². The van der Waals surface area contributed by atoms with Gasteiger partial charge in [-0.1, -0.05) is 0 Å². The second kappa shape index (κ2) is 5.47. The topological polar surface area (TPSA) is 78.0 Å². The van der Waals surface area contributed by atoms with Crippen molar-refractivity contribution in [2.75, 3.05) is 5.75 Å². The first-order valence-electron chi connectivity index (χ1n) is 7.04. The van der Waals surface area contributed by atoms with Crippen LogP contribution in [0.2, 0.25) is 0 Å². The molecular formula is C15H12N6OS. The molecule has 0 aliphatic heterocycles. The quantitative estimate of drug-likeness (QED) is 0.577. The molecular weight excluding hydrogens is 312 g/mol. The monoisotopic (exact) mass is 324 g/mol. The molecule has 0 atom stereocenters. The molecule has 4 aromatic heterocycles. The summed E-state index contributed by atoms with van der Waals surface area (Å²) in [5, 5.41) is 4.99. The molecule has 8 heteroatoms. The number of thiol groups is 1. The van der Waals surface area contributed by atoms with Gasteiger partial charge in [-0.05, 0) is 18.2 Å². The molecule has 7 nitrogen and oxygen atoms in total. The van der Waals surface area contributed by atoms with E-state index >= 15 is 0 Å². The van der Waals surface area contributed by atoms with Crippen LogP contribution in [0.4, 0.5) is 0 Å². The lowest BCUT2D eigenvalue weighted by atomic mass is 10.3. The molecule has 0 saturated carbocycles. The summed E-state index contributed by atoms with van der Waals surface area (Å²) in [6, 6.07) is 5.51. The van der Waals surface area contributed by atoms with Crippen LogP contribution in [-0.2, 0) is 6.54 Å². The maximum atomic E-state index is 12.5. The van der Waals surface area contributed by atoms with Crippen LogP contribution in [0.1, 0.15) is 0 Å². The average molecular weight is 324 g/mol. The zero-order valence-corrected chi connectivity index (χ0v) is 12.9. The highest BCUT2D eigenvalue weighted by Gasteiger charge is 2.12. The molecule has 0 saturated heterocycles. The van der Waals surface area contributed by atoms with Crippen molar-refractivity contribution in [3.8, 4) is 11.4 Å². The number of hydrogen-bond acceptors (Lipinski definition) is 6. The predicted molar refractivity (Wildman–Crippen MR) is 89.6 cm³/mol. The second-order valence-corrected chi connectivity index (χ2v) is 5.43. The van der Waals surface area contributed by atoms with Crippen molar-refractivity contribution in [2.45, 2.75) is 6.54 Å². The SMILES string of the molecule is O=c1c2cnc3nc(-c4ccncc4)nn3c2ccn1CCS. The minimum absolute atomic E-state index is 0.105. The van der Waals surface area contributed by atoms with E-state index in [9.17, 15) is 4.79 Å². The molecule has 0 amide bonds. The fourth-order valence-corrected chi connectivity index (χ4v) is 2.68. The van der Waals surface area contributed by atoms with Crippen LogP contribution in [-0.4, -0.2) is 34.9 Å². The van der Waals surface area contributed by atoms with E-state index in [-0.39, 0.29) is 5.56 Å². The van der Waals surface area contributed by atoms with Crippen LogP contribution in [0.25, 0.3) is 28.1 Å². The van der Waals surface area contributed by atoms with Crippen LogP contribution < -0.4 is 5.56 Å². The molecule has 0 aliphatic carbocycles. The van der Waals surface area contributed by atoms with Crippen molar-refractivity contribution >= 4 is 29.3 Å². The molecule has 0 radical (unpaired) electrons. The summed E-state index contributed by atoms with van der Waals surface area (Å²) < 4.78 is 3.21. The van der Waals surface area contributed by atoms with E-state index in [1.807, 2.05) is 18.2 Å². The minimum atomic E-state index is -0.105. The van der Waals surface area contributed by atoms with Crippen molar-refractivity contribution in [2.24, 2.45) is 0 Å². The van der Waals surface area contributed by atoms with Crippen LogP contribution in [0.3, 0.4) is 0 Å². The predicted octanol–water partition coefficient (Wildman–Crippen LogP) is 1.43. The summed E-state index contributed by atoms with van der Waals surface area (Å²) in [6.07, 6.45) is 6.66. The van der Waals surface area contributed by atoms with Gasteiger partial charge in [0.05, 0.1) is 10.9 Å². The highest BCUT2D eigenvalue weighted by atomic mass is 32.1. The lowest BCUT2D eigenvalue weighted by Gasteiger charge is -2.05. The maximum Gasteiger partial charge on any atom is 0.261 e. The number of fused-ring (bicyclic) bond motifs is 3. The zero-order valence-electron chi connectivity index (χ0n) is 12.0. The molecule has 4 aromatic rings. The molecule has 0 unspecified atom stereocenters. The summed E-state index contributed by atoms with van der Waals surface area (Å²) in [5.41, 5.74) is 1.43. The molecule has 23 heavy (non-hydrogen) atoms. The third-order valence-electron chi connectivity index (χ3n) is 3.59. The van der Waals surface area contributed by atoms with E-state index in [0.29, 0.717) is 34.8 Å². The van der Waals surface area contributed by atoms with Crippen LogP contribution in [0, 0.1) is 0 Å². The molecule has 0 bridgehead atoms. The van der Waals surface area contributed by atoms with E-state index in [0.717, 1.165) is 5.56 Å². The second-order valence-electron chi connectivity index (χ2n) is 4.98. The number of pyridine rings is 2. The summed E-state index contributed by atoms with van der Waals surface area (Å²) in [5.74, 6) is 1.60. The Morgan fingerprint density at radius 3 is 2.78 bits per heavy atom. The standard InChI is InChI=1S/C15H12N6OS/c22-14-11-9-17-15-18-13(10-1-4-16-5-2-10)19-21(15)12(11)3-6-20(14)7-8-23/h1-6,9,23H,7-8H2. The van der Waals surface area contributed by atoms with E-state index in [2.05, 4.69) is 32.7 Å². The fraction of sp³-hybridized carbons (Fsp3) is 0.133. The molecule has 4 heterocycles. The lowest BCUT2D eigenvalue weighted by molar-refractivity contribution is 0.742. The Hall–Kier alpha value is -2.74. The Bertz CT molecular complexity index is 1060. The molecule has 114 valence electrons. The van der Waals surface area contributed by atoms with E-state index in [4.69, 9.17) is 0 Å². The van der Waals surface area contributed by atoms with E-state index in [1.54, 1.807) is 33.9 Å². The van der Waals surface area contributed by atoms with Gasteiger partial charge in [-0.15, -0.1) is 5.10 Å². The number of aromatic nitrogens is 6. The van der Waals surface area contributed by atoms with Gasteiger partial charge in [-0.3, -0.25) is 9.78 Å². The molecule has 0 aromatic carbocycles. The molecule has 0 fully saturated rings. The van der Waals surface area contributed by atoms with Crippen LogP contribution in [0.5, 0.6) is 0 Å². The Kier molecular flexibility index (Phi) is 3.30. The first-order valence-corrected chi connectivity index (χ1v) is 7.67. The van der Waals surface area contributed by atoms with Gasteiger partial charge in [0.15, 0.2) is 5.82 Å². The molecule has 4 rings (SSSR count). The third kappa shape index (κ3) is 2.27. The summed E-state index contributed by atoms with van der Waals surface area (Å²) in [6.45, 7) is 0.551. The first kappa shape index (κ1) is 13.9. The van der Waals surface area contributed by atoms with Gasteiger partial charge in [0.1, 0.15) is 0 Å². The largest absolute Gasteiger partial charge is 0.314 e. The fourth-order valence-electron chi connectivity index (χ4n) is 2.47. The lowest BCUT2D eigenvalue weighted by Crippen LogP contribution is -2.21. The van der Waals surface area contributed by atoms with E-state index in [1.165, 1.54) is 0 Å². The van der Waals surface area contributed by atoms with Crippen LogP contribution >= 0.6 is 12.6 Å². The molecule has 0 spiro atoms. The highest BCUT2D eigenvalue weighted by Crippen LogP contribution is 2.17. The van der Waals surface area contributed by atoms with Crippen molar-refractivity contribution in [3.63, 3.8) is 0 Å². The van der Waals surface area contributed by atoms with Crippen molar-refractivity contribution in [1.29, 1.82) is 0 Å². The van der Waals surface area contributed by atoms with Crippen molar-refractivity contribution in [3.05, 3.63) is 53.3 Å². The summed E-state index contributed by atoms with van der Waals surface area (Å²) >= 11 is 4.17. The van der Waals surface area contributed by atoms with Gasteiger partial charge >= 0.3 is 0 Å². The Balaban J connectivity index is 1.97. The Morgan fingerprint density at radius 1 is 1.17 bits per heavy atom. The smallest absolute Gasteiger partial charge is 0.261 e. The van der Waals surface area contributed by atoms with E-state index < -0.39 is 0 Å². The highest BCUT2D eigenvalue weighted by molar-refractivity contribution is 7.80. The number of hydrogen-bond donors (Lipinski definition) is 1. The Labute approximate surface area is 136 Å². The minimum Gasteiger partial charge on any atom is -0.314 e. The third-order valence-corrected chi connectivity index (χ3v) is 3.79. The molecule has 0 N–H and O–H groups in total. The first-order chi connectivity index (χ1) is 11.3. The summed E-state index contributed by atoms with van der Waals surface area (Å²) in [4.78, 5) is 25.1. The van der Waals surface area contributed by atoms with Crippen molar-refractivity contribution in [1.82, 2.24) is 29.1 Å². The zero-order chi connectivity index (χ0) is 15.8. The maximum absolute atomic E-state index is 12.5. The van der Waals surface area contributed by atoms with Crippen molar-refractivity contribution < 1.29 is 0 Å². The number of nitrogens with zero attached hydrogens (tertiary/aromatic N) is 6. The normalized spacial score (nSPS) is 11.3. The van der Waals surface area contributed by atoms with Gasteiger partial charge in [0.2, 0.25) is 0 Å². The molecule has 0 aliphatic rings. The van der Waals surface area contributed by atoms with Gasteiger partial charge < -0.3 is 4.57 Å². The van der Waals surface area contributed by atoms with Gasteiger partial charge in [0.25, 0.3) is 11.3 Å². The average Bonchev–Trinajstić information content (AvgIpc) is 3.03. The number of rotatable bonds is 3. The van der Waals surface area contributed by atoms with Gasteiger partial charge in [-0.25, -0.2) is 4.98 Å².